The van der Waals surface area contributed by atoms with Crippen LogP contribution in [0.2, 0.25) is 4.34 Å². The van der Waals surface area contributed by atoms with Gasteiger partial charge in [0.05, 0.1) is 39.1 Å². The minimum absolute atomic E-state index is 0.0237. The molecule has 2 aromatic heterocycles. The normalized spacial score (nSPS) is 12.8. The zero-order chi connectivity index (χ0) is 22.1. The topological polar surface area (TPSA) is 92.8 Å². The summed E-state index contributed by atoms with van der Waals surface area (Å²) in [7, 11) is 0. The van der Waals surface area contributed by atoms with Crippen LogP contribution in [0.4, 0.5) is 5.00 Å². The average molecular weight is 475 g/mol. The number of halogens is 1. The predicted molar refractivity (Wildman–Crippen MR) is 118 cm³/mol. The lowest BCUT2D eigenvalue weighted by atomic mass is 10.1. The highest BCUT2D eigenvalue weighted by atomic mass is 35.5. The van der Waals surface area contributed by atoms with Gasteiger partial charge >= 0.3 is 5.97 Å². The molecule has 3 aromatic rings. The molecule has 1 aromatic carbocycles. The first kappa shape index (κ1) is 21.2. The fraction of sp³-hybridized carbons (Fsp3) is 0.143. The van der Waals surface area contributed by atoms with E-state index in [2.05, 4.69) is 5.32 Å². The van der Waals surface area contributed by atoms with Crippen molar-refractivity contribution in [2.24, 2.45) is 0 Å². The van der Waals surface area contributed by atoms with E-state index in [-0.39, 0.29) is 23.7 Å². The highest BCUT2D eigenvalue weighted by Gasteiger charge is 2.35. The molecular formula is C21H15ClN2O5S2. The van der Waals surface area contributed by atoms with E-state index in [1.165, 1.54) is 6.07 Å². The summed E-state index contributed by atoms with van der Waals surface area (Å²) in [6.07, 6.45) is 0. The number of ether oxygens (including phenoxy) is 1. The summed E-state index contributed by atoms with van der Waals surface area (Å²) in [6, 6.07) is 11.3. The largest absolute Gasteiger partial charge is 0.462 e. The lowest BCUT2D eigenvalue weighted by Gasteiger charge is -2.12. The van der Waals surface area contributed by atoms with Crippen molar-refractivity contribution in [1.29, 1.82) is 0 Å². The number of amides is 3. The number of carbonyl (C=O) groups is 4. The molecule has 3 heterocycles. The second kappa shape index (κ2) is 8.62. The molecule has 0 bridgehead atoms. The van der Waals surface area contributed by atoms with E-state index < -0.39 is 23.7 Å². The average Bonchev–Trinajstić information content (AvgIpc) is 3.42. The van der Waals surface area contributed by atoms with Gasteiger partial charge in [0.1, 0.15) is 5.00 Å². The van der Waals surface area contributed by atoms with Crippen molar-refractivity contribution in [2.45, 2.75) is 13.5 Å². The van der Waals surface area contributed by atoms with Crippen LogP contribution in [0.5, 0.6) is 0 Å². The van der Waals surface area contributed by atoms with Gasteiger partial charge in [-0.1, -0.05) is 23.7 Å². The van der Waals surface area contributed by atoms with Gasteiger partial charge in [0.25, 0.3) is 17.7 Å². The number of rotatable bonds is 6. The van der Waals surface area contributed by atoms with Gasteiger partial charge in [-0.2, -0.15) is 0 Å². The van der Waals surface area contributed by atoms with Crippen LogP contribution in [0.25, 0.3) is 0 Å². The fourth-order valence-corrected chi connectivity index (χ4v) is 5.08. The smallest absolute Gasteiger partial charge is 0.341 e. The molecule has 158 valence electrons. The van der Waals surface area contributed by atoms with Gasteiger partial charge in [-0.25, -0.2) is 4.79 Å². The second-order valence-electron chi connectivity index (χ2n) is 6.48. The number of thiophene rings is 2. The van der Waals surface area contributed by atoms with Gasteiger partial charge in [0.2, 0.25) is 0 Å². The number of nitrogens with zero attached hydrogens (tertiary/aromatic N) is 1. The van der Waals surface area contributed by atoms with Gasteiger partial charge in [0.15, 0.2) is 0 Å². The molecule has 0 fully saturated rings. The molecule has 0 saturated heterocycles. The van der Waals surface area contributed by atoms with Crippen molar-refractivity contribution >= 4 is 63.0 Å². The standard InChI is InChI=1S/C21H15ClN2O5S2/c1-2-29-21(28)14-9-11(30-18(14)23-17(25)15-7-8-16(22)31-15)10-24-19(26)12-5-3-4-6-13(12)20(24)27/h3-9H,2,10H2,1H3,(H,23,25). The van der Waals surface area contributed by atoms with Crippen molar-refractivity contribution in [3.05, 3.63) is 73.2 Å². The Morgan fingerprint density at radius 2 is 1.74 bits per heavy atom. The summed E-state index contributed by atoms with van der Waals surface area (Å²) >= 11 is 8.11. The third kappa shape index (κ3) is 4.12. The van der Waals surface area contributed by atoms with Crippen molar-refractivity contribution in [3.8, 4) is 0 Å². The first-order valence-corrected chi connectivity index (χ1v) is 11.2. The van der Waals surface area contributed by atoms with E-state index in [1.54, 1.807) is 43.3 Å². The molecule has 0 radical (unpaired) electrons. The SMILES string of the molecule is CCOC(=O)c1cc(CN2C(=O)c3ccccc3C2=O)sc1NC(=O)c1ccc(Cl)s1. The molecule has 0 aliphatic carbocycles. The van der Waals surface area contributed by atoms with Gasteiger partial charge in [0, 0.05) is 4.88 Å². The molecule has 4 rings (SSSR count). The number of fused-ring (bicyclic) bond motifs is 1. The molecular weight excluding hydrogens is 460 g/mol. The molecule has 0 unspecified atom stereocenters. The minimum Gasteiger partial charge on any atom is -0.462 e. The zero-order valence-electron chi connectivity index (χ0n) is 16.1. The number of anilines is 1. The van der Waals surface area contributed by atoms with Crippen molar-refractivity contribution in [1.82, 2.24) is 4.90 Å². The van der Waals surface area contributed by atoms with E-state index in [0.717, 1.165) is 27.6 Å². The van der Waals surface area contributed by atoms with E-state index in [1.807, 2.05) is 0 Å². The van der Waals surface area contributed by atoms with Gasteiger partial charge in [-0.05, 0) is 37.3 Å². The Hall–Kier alpha value is -3.01. The molecule has 1 N–H and O–H groups in total. The van der Waals surface area contributed by atoms with Crippen LogP contribution >= 0.6 is 34.3 Å². The van der Waals surface area contributed by atoms with Crippen LogP contribution in [0, 0.1) is 0 Å². The van der Waals surface area contributed by atoms with Crippen LogP contribution < -0.4 is 5.32 Å². The number of benzene rings is 1. The third-order valence-electron chi connectivity index (χ3n) is 4.49. The maximum absolute atomic E-state index is 12.6. The van der Waals surface area contributed by atoms with Crippen LogP contribution in [0.3, 0.4) is 0 Å². The monoisotopic (exact) mass is 474 g/mol. The van der Waals surface area contributed by atoms with Crippen molar-refractivity contribution in [2.75, 3.05) is 11.9 Å². The summed E-state index contributed by atoms with van der Waals surface area (Å²) in [5.41, 5.74) is 0.852. The maximum Gasteiger partial charge on any atom is 0.341 e. The quantitative estimate of drug-likeness (QED) is 0.413. The van der Waals surface area contributed by atoms with Crippen LogP contribution in [-0.2, 0) is 11.3 Å². The highest BCUT2D eigenvalue weighted by molar-refractivity contribution is 7.18. The molecule has 10 heteroatoms. The number of imide groups is 1. The Morgan fingerprint density at radius 3 is 2.32 bits per heavy atom. The summed E-state index contributed by atoms with van der Waals surface area (Å²) in [5, 5.41) is 2.98. The fourth-order valence-electron chi connectivity index (χ4n) is 3.11. The molecule has 31 heavy (non-hydrogen) atoms. The van der Waals surface area contributed by atoms with E-state index in [4.69, 9.17) is 16.3 Å². The number of esters is 1. The van der Waals surface area contributed by atoms with Gasteiger partial charge in [-0.15, -0.1) is 22.7 Å². The Kier molecular flexibility index (Phi) is 5.90. The van der Waals surface area contributed by atoms with Gasteiger partial charge < -0.3 is 10.1 Å². The molecule has 1 aliphatic rings. The van der Waals surface area contributed by atoms with Crippen molar-refractivity contribution in [3.63, 3.8) is 0 Å². The lowest BCUT2D eigenvalue weighted by Crippen LogP contribution is -2.28. The Balaban J connectivity index is 1.61. The summed E-state index contributed by atoms with van der Waals surface area (Å²) < 4.78 is 5.55. The Labute approximate surface area is 190 Å². The number of hydrogen-bond acceptors (Lipinski definition) is 7. The van der Waals surface area contributed by atoms with Crippen LogP contribution in [0.1, 0.15) is 52.5 Å². The van der Waals surface area contributed by atoms with E-state index in [9.17, 15) is 19.2 Å². The Morgan fingerprint density at radius 1 is 1.06 bits per heavy atom. The molecule has 0 atom stereocenters. The number of hydrogen-bond donors (Lipinski definition) is 1. The summed E-state index contributed by atoms with van der Waals surface area (Å²) in [6.45, 7) is 1.82. The molecule has 3 amide bonds. The highest BCUT2D eigenvalue weighted by Crippen LogP contribution is 2.33. The van der Waals surface area contributed by atoms with Crippen LogP contribution in [-0.4, -0.2) is 35.2 Å². The lowest BCUT2D eigenvalue weighted by molar-refractivity contribution is 0.0527. The molecule has 7 nitrogen and oxygen atoms in total. The first-order chi connectivity index (χ1) is 14.9. The Bertz CT molecular complexity index is 1180. The maximum atomic E-state index is 12.6. The minimum atomic E-state index is -0.605. The van der Waals surface area contributed by atoms with Crippen molar-refractivity contribution < 1.29 is 23.9 Å². The van der Waals surface area contributed by atoms with Gasteiger partial charge in [-0.3, -0.25) is 19.3 Å². The second-order valence-corrected chi connectivity index (χ2v) is 9.33. The van der Waals surface area contributed by atoms with E-state index >= 15 is 0 Å². The zero-order valence-corrected chi connectivity index (χ0v) is 18.5. The predicted octanol–water partition coefficient (Wildman–Crippen LogP) is 4.69. The van der Waals surface area contributed by atoms with E-state index in [0.29, 0.717) is 25.2 Å². The van der Waals surface area contributed by atoms with Crippen LogP contribution in [0.15, 0.2) is 42.5 Å². The molecule has 0 saturated carbocycles. The number of carbonyl (C=O) groups excluding carboxylic acids is 4. The molecule has 0 spiro atoms. The molecule has 1 aliphatic heterocycles. The first-order valence-electron chi connectivity index (χ1n) is 9.20. The number of nitrogens with one attached hydrogen (secondary N) is 1. The third-order valence-corrected chi connectivity index (χ3v) is 6.76. The summed E-state index contributed by atoms with van der Waals surface area (Å²) in [5.74, 6) is -1.82. The summed E-state index contributed by atoms with van der Waals surface area (Å²) in [4.78, 5) is 52.3.